The van der Waals surface area contributed by atoms with Crippen molar-refractivity contribution in [3.8, 4) is 0 Å². The van der Waals surface area contributed by atoms with Crippen molar-refractivity contribution in [2.75, 3.05) is 0 Å². The Bertz CT molecular complexity index is 117. The Hall–Kier alpha value is -0.135. The van der Waals surface area contributed by atoms with Crippen molar-refractivity contribution in [1.29, 1.82) is 0 Å². The van der Waals surface area contributed by atoms with E-state index in [0.717, 1.165) is 0 Å². The first-order valence-corrected chi connectivity index (χ1v) is 2.12. The van der Waals surface area contributed by atoms with Crippen LogP contribution in [0.5, 0.6) is 0 Å². The summed E-state index contributed by atoms with van der Waals surface area (Å²) in [6.07, 6.45) is -1.35. The van der Waals surface area contributed by atoms with Gasteiger partial charge in [0.15, 0.2) is 0 Å². The lowest BCUT2D eigenvalue weighted by Gasteiger charge is -2.28. The van der Waals surface area contributed by atoms with Crippen molar-refractivity contribution in [3.63, 3.8) is 0 Å². The lowest BCUT2D eigenvalue weighted by atomic mass is 10.2. The lowest BCUT2D eigenvalue weighted by molar-refractivity contribution is -0.363. The zero-order valence-corrected chi connectivity index (χ0v) is 3.77. The maximum atomic E-state index is 8.71. The van der Waals surface area contributed by atoms with Gasteiger partial charge in [-0.25, -0.2) is 0 Å². The van der Waals surface area contributed by atoms with Gasteiger partial charge in [-0.15, -0.1) is 0 Å². The Labute approximate surface area is 44.9 Å². The van der Waals surface area contributed by atoms with Crippen LogP contribution in [-0.2, 0) is 14.0 Å². The molecule has 0 saturated carbocycles. The third-order valence-electron chi connectivity index (χ3n) is 1.08. The molecule has 2 N–H and O–H groups in total. The highest BCUT2D eigenvalue weighted by Gasteiger charge is 2.66. The van der Waals surface area contributed by atoms with Crippen LogP contribution in [0.15, 0.2) is 0 Å². The molecule has 0 aliphatic carbocycles. The van der Waals surface area contributed by atoms with Gasteiger partial charge in [0.2, 0.25) is 6.29 Å². The maximum Gasteiger partial charge on any atom is 0.649 e. The van der Waals surface area contributed by atoms with Gasteiger partial charge in [0.05, 0.1) is 0 Å². The second kappa shape index (κ2) is 1.07. The molecule has 3 rings (SSSR count). The molecule has 1 unspecified atom stereocenters. The highest BCUT2D eigenvalue weighted by molar-refractivity contribution is 6.40. The Kier molecular flexibility index (Phi) is 0.630. The molecule has 3 aliphatic rings. The number of fused-ring (bicyclic) bond motifs is 1. The van der Waals surface area contributed by atoms with E-state index in [-0.39, 0.29) is 0 Å². The molecule has 5 nitrogen and oxygen atoms in total. The van der Waals surface area contributed by atoms with E-state index in [2.05, 4.69) is 14.0 Å². The van der Waals surface area contributed by atoms with Gasteiger partial charge in [-0.2, -0.15) is 0 Å². The number of hydrogen-bond acceptors (Lipinski definition) is 5. The molecule has 0 aromatic heterocycles. The molecule has 2 bridgehead atoms. The zero-order chi connectivity index (χ0) is 5.78. The lowest BCUT2D eigenvalue weighted by Crippen LogP contribution is -2.52. The van der Waals surface area contributed by atoms with E-state index in [9.17, 15) is 0 Å². The summed E-state index contributed by atoms with van der Waals surface area (Å²) in [5, 5.41) is 17.3. The average molecular weight is 118 g/mol. The largest absolute Gasteiger partial charge is 0.649 e. The molecule has 0 spiro atoms. The van der Waals surface area contributed by atoms with Crippen molar-refractivity contribution >= 4 is 7.32 Å². The maximum absolute atomic E-state index is 8.71. The van der Waals surface area contributed by atoms with Crippen LogP contribution < -0.4 is 0 Å². The highest BCUT2D eigenvalue weighted by Crippen LogP contribution is 2.36. The number of aliphatic hydroxyl groups excluding tert-OH is 1. The molecule has 0 radical (unpaired) electrons. The molecular formula is C2H3BO5. The Balaban J connectivity index is 2.21. The van der Waals surface area contributed by atoms with Gasteiger partial charge in [0, 0.05) is 0 Å². The molecular weight excluding hydrogens is 115 g/mol. The van der Waals surface area contributed by atoms with E-state index in [0.29, 0.717) is 0 Å². The summed E-state index contributed by atoms with van der Waals surface area (Å²) >= 11 is 0. The van der Waals surface area contributed by atoms with Gasteiger partial charge >= 0.3 is 13.3 Å². The van der Waals surface area contributed by atoms with E-state index < -0.39 is 19.6 Å². The van der Waals surface area contributed by atoms with Crippen LogP contribution in [0.2, 0.25) is 0 Å². The Morgan fingerprint density at radius 2 is 2.12 bits per heavy atom. The van der Waals surface area contributed by atoms with Gasteiger partial charge < -0.3 is 24.2 Å². The van der Waals surface area contributed by atoms with Crippen LogP contribution in [0.25, 0.3) is 0 Å². The summed E-state index contributed by atoms with van der Waals surface area (Å²) < 4.78 is 13.2. The topological polar surface area (TPSA) is 68.2 Å². The summed E-state index contributed by atoms with van der Waals surface area (Å²) in [4.78, 5) is 0. The van der Waals surface area contributed by atoms with E-state index in [1.165, 1.54) is 0 Å². The minimum absolute atomic E-state index is 0.866. The van der Waals surface area contributed by atoms with Crippen LogP contribution in [0.3, 0.4) is 0 Å². The second-order valence-corrected chi connectivity index (χ2v) is 1.64. The number of hydrogen-bond donors (Lipinski definition) is 2. The predicted molar refractivity (Wildman–Crippen MR) is 20.0 cm³/mol. The fraction of sp³-hybridized carbons (Fsp3) is 1.00. The Morgan fingerprint density at radius 1 is 1.50 bits per heavy atom. The van der Waals surface area contributed by atoms with Crippen LogP contribution >= 0.6 is 0 Å². The molecule has 6 heteroatoms. The van der Waals surface area contributed by atoms with E-state index in [1.54, 1.807) is 0 Å². The molecule has 0 aromatic carbocycles. The molecule has 44 valence electrons. The van der Waals surface area contributed by atoms with Crippen molar-refractivity contribution in [1.82, 2.24) is 0 Å². The summed E-state index contributed by atoms with van der Waals surface area (Å²) in [5.41, 5.74) is 0. The zero-order valence-electron chi connectivity index (χ0n) is 3.77. The van der Waals surface area contributed by atoms with Gasteiger partial charge in [0.25, 0.3) is 0 Å². The molecule has 0 amide bonds. The molecule has 0 aromatic rings. The van der Waals surface area contributed by atoms with Crippen LogP contribution in [0.4, 0.5) is 0 Å². The first-order chi connectivity index (χ1) is 3.71. The molecule has 3 fully saturated rings. The van der Waals surface area contributed by atoms with Gasteiger partial charge in [-0.05, 0) is 0 Å². The van der Waals surface area contributed by atoms with Gasteiger partial charge in [-0.3, -0.25) is 0 Å². The normalized spacial score (nSPS) is 51.8. The van der Waals surface area contributed by atoms with Gasteiger partial charge in [-0.1, -0.05) is 0 Å². The van der Waals surface area contributed by atoms with E-state index in [4.69, 9.17) is 10.2 Å². The Morgan fingerprint density at radius 3 is 2.25 bits per heavy atom. The first kappa shape index (κ1) is 4.72. The minimum atomic E-state index is -1.87. The SMILES string of the molecule is OC1OB2OC1(O)O2. The summed E-state index contributed by atoms with van der Waals surface area (Å²) in [6.45, 7) is 0. The van der Waals surface area contributed by atoms with Crippen LogP contribution in [0, 0.1) is 0 Å². The summed E-state index contributed by atoms with van der Waals surface area (Å²) in [5.74, 6) is -1.87. The van der Waals surface area contributed by atoms with Crippen molar-refractivity contribution in [2.24, 2.45) is 0 Å². The van der Waals surface area contributed by atoms with E-state index >= 15 is 0 Å². The molecule has 3 saturated heterocycles. The quantitative estimate of drug-likeness (QED) is 0.360. The average Bonchev–Trinajstić information content (AvgIpc) is 1.90. The molecule has 8 heavy (non-hydrogen) atoms. The fourth-order valence-corrected chi connectivity index (χ4v) is 0.648. The molecule has 1 atom stereocenters. The summed E-state index contributed by atoms with van der Waals surface area (Å²) in [6, 6.07) is 0. The number of rotatable bonds is 0. The van der Waals surface area contributed by atoms with Crippen molar-refractivity contribution < 1.29 is 24.2 Å². The standard InChI is InChI=1S/C2H3BO5/c4-1-2(5)7-3(6-1)8-2/h1,4-5H. The number of aliphatic hydroxyl groups is 2. The smallest absolute Gasteiger partial charge is 0.363 e. The van der Waals surface area contributed by atoms with Crippen LogP contribution in [-0.4, -0.2) is 29.8 Å². The minimum Gasteiger partial charge on any atom is -0.363 e. The predicted octanol–water partition coefficient (Wildman–Crippen LogP) is -1.99. The highest BCUT2D eigenvalue weighted by atomic mass is 17.0. The van der Waals surface area contributed by atoms with Crippen molar-refractivity contribution in [3.05, 3.63) is 0 Å². The third-order valence-corrected chi connectivity index (χ3v) is 1.08. The monoisotopic (exact) mass is 118 g/mol. The third kappa shape index (κ3) is 0.352. The second-order valence-electron chi connectivity index (χ2n) is 1.64. The van der Waals surface area contributed by atoms with Crippen molar-refractivity contribution in [2.45, 2.75) is 12.3 Å². The molecule has 3 heterocycles. The molecule has 3 aliphatic heterocycles. The van der Waals surface area contributed by atoms with E-state index in [1.807, 2.05) is 0 Å². The first-order valence-electron chi connectivity index (χ1n) is 2.12. The fourth-order valence-electron chi connectivity index (χ4n) is 0.648. The summed E-state index contributed by atoms with van der Waals surface area (Å²) in [7, 11) is -0.866. The van der Waals surface area contributed by atoms with Crippen LogP contribution in [0.1, 0.15) is 0 Å². The van der Waals surface area contributed by atoms with Gasteiger partial charge in [0.1, 0.15) is 0 Å².